The van der Waals surface area contributed by atoms with Crippen molar-refractivity contribution < 1.29 is 18.3 Å². The Labute approximate surface area is 122 Å². The Morgan fingerprint density at radius 1 is 1.24 bits per heavy atom. The predicted molar refractivity (Wildman–Crippen MR) is 74.2 cm³/mol. The number of hydrogen-bond acceptors (Lipinski definition) is 4. The van der Waals surface area contributed by atoms with E-state index in [2.05, 4.69) is 4.98 Å². The minimum Gasteiger partial charge on any atom is -0.387 e. The first-order valence-corrected chi connectivity index (χ1v) is 7.07. The summed E-state index contributed by atoms with van der Waals surface area (Å²) in [6.45, 7) is 2.90. The number of piperazine rings is 1. The molecule has 0 spiro atoms. The first kappa shape index (κ1) is 16.0. The molecule has 0 aliphatic carbocycles. The maximum atomic E-state index is 12.3. The molecular formula is C14H20F3N3O. The number of nitrogens with zero attached hydrogens (tertiary/aromatic N) is 3. The molecular weight excluding hydrogens is 283 g/mol. The Morgan fingerprint density at radius 2 is 1.90 bits per heavy atom. The van der Waals surface area contributed by atoms with Gasteiger partial charge in [0.1, 0.15) is 0 Å². The van der Waals surface area contributed by atoms with Crippen molar-refractivity contribution in [3.63, 3.8) is 0 Å². The summed E-state index contributed by atoms with van der Waals surface area (Å²) in [5.74, 6) is 0. The highest BCUT2D eigenvalue weighted by Crippen LogP contribution is 2.21. The van der Waals surface area contributed by atoms with Gasteiger partial charge < -0.3 is 10.0 Å². The molecule has 0 aromatic carbocycles. The lowest BCUT2D eigenvalue weighted by Crippen LogP contribution is -2.49. The van der Waals surface area contributed by atoms with Crippen LogP contribution in [0.1, 0.15) is 25.1 Å². The number of pyridine rings is 1. The third-order valence-corrected chi connectivity index (χ3v) is 3.64. The number of alkyl halides is 3. The van der Waals surface area contributed by atoms with Crippen LogP contribution in [-0.2, 0) is 0 Å². The monoisotopic (exact) mass is 303 g/mol. The summed E-state index contributed by atoms with van der Waals surface area (Å²) < 4.78 is 37.0. The van der Waals surface area contributed by atoms with Crippen molar-refractivity contribution >= 4 is 5.69 Å². The maximum Gasteiger partial charge on any atom is 0.401 e. The van der Waals surface area contributed by atoms with Crippen molar-refractivity contribution in [2.45, 2.75) is 25.6 Å². The average molecular weight is 303 g/mol. The van der Waals surface area contributed by atoms with Gasteiger partial charge in [-0.2, -0.15) is 13.2 Å². The third-order valence-electron chi connectivity index (χ3n) is 3.64. The third kappa shape index (κ3) is 4.57. The maximum absolute atomic E-state index is 12.3. The topological polar surface area (TPSA) is 39.6 Å². The van der Waals surface area contributed by atoms with Crippen molar-refractivity contribution in [3.8, 4) is 0 Å². The molecule has 1 fully saturated rings. The second-order valence-corrected chi connectivity index (χ2v) is 5.24. The van der Waals surface area contributed by atoms with E-state index in [1.54, 1.807) is 12.3 Å². The van der Waals surface area contributed by atoms with Gasteiger partial charge in [-0.15, -0.1) is 0 Å². The zero-order valence-electron chi connectivity index (χ0n) is 12.0. The minimum atomic E-state index is -4.14. The van der Waals surface area contributed by atoms with E-state index >= 15 is 0 Å². The van der Waals surface area contributed by atoms with Crippen molar-refractivity contribution in [1.29, 1.82) is 0 Å². The van der Waals surface area contributed by atoms with Gasteiger partial charge in [0.05, 0.1) is 30.2 Å². The normalized spacial score (nSPS) is 18.8. The zero-order valence-corrected chi connectivity index (χ0v) is 12.0. The molecule has 0 unspecified atom stereocenters. The van der Waals surface area contributed by atoms with Crippen LogP contribution < -0.4 is 4.90 Å². The molecule has 7 heteroatoms. The van der Waals surface area contributed by atoms with E-state index in [1.807, 2.05) is 17.9 Å². The number of hydrogen-bond donors (Lipinski definition) is 1. The number of rotatable bonds is 4. The fraction of sp³-hybridized carbons (Fsp3) is 0.643. The van der Waals surface area contributed by atoms with Gasteiger partial charge in [-0.1, -0.05) is 6.92 Å². The fourth-order valence-corrected chi connectivity index (χ4v) is 2.41. The Hall–Kier alpha value is -1.34. The second kappa shape index (κ2) is 6.62. The lowest BCUT2D eigenvalue weighted by Gasteiger charge is -2.36. The molecule has 118 valence electrons. The van der Waals surface area contributed by atoms with E-state index in [9.17, 15) is 18.3 Å². The highest BCUT2D eigenvalue weighted by molar-refractivity contribution is 5.45. The van der Waals surface area contributed by atoms with E-state index in [-0.39, 0.29) is 0 Å². The van der Waals surface area contributed by atoms with Gasteiger partial charge in [-0.25, -0.2) is 0 Å². The smallest absolute Gasteiger partial charge is 0.387 e. The number of anilines is 1. The number of aliphatic hydroxyl groups excluding tert-OH is 1. The Bertz CT molecular complexity index is 442. The van der Waals surface area contributed by atoms with Crippen molar-refractivity contribution in [1.82, 2.24) is 9.88 Å². The second-order valence-electron chi connectivity index (χ2n) is 5.24. The average Bonchev–Trinajstić information content (AvgIpc) is 2.46. The molecule has 0 amide bonds. The van der Waals surface area contributed by atoms with Crippen LogP contribution in [0.2, 0.25) is 0 Å². The van der Waals surface area contributed by atoms with Crippen LogP contribution in [0.3, 0.4) is 0 Å². The van der Waals surface area contributed by atoms with Gasteiger partial charge in [0.15, 0.2) is 0 Å². The number of halogens is 3. The van der Waals surface area contributed by atoms with E-state index < -0.39 is 18.8 Å². The van der Waals surface area contributed by atoms with Crippen molar-refractivity contribution in [3.05, 3.63) is 24.0 Å². The SMILES string of the molecule is CC[C@@H](O)c1ccc(N2CCN(CC(F)(F)F)CC2)cn1. The number of aliphatic hydroxyl groups is 1. The minimum absolute atomic E-state index is 0.388. The molecule has 1 aliphatic heterocycles. The highest BCUT2D eigenvalue weighted by atomic mass is 19.4. The first-order valence-electron chi connectivity index (χ1n) is 7.07. The van der Waals surface area contributed by atoms with E-state index in [4.69, 9.17) is 0 Å². The molecule has 1 aromatic rings. The quantitative estimate of drug-likeness (QED) is 0.926. The molecule has 0 radical (unpaired) electrons. The van der Waals surface area contributed by atoms with Gasteiger partial charge in [-0.3, -0.25) is 9.88 Å². The van der Waals surface area contributed by atoms with E-state index in [0.29, 0.717) is 38.3 Å². The largest absolute Gasteiger partial charge is 0.401 e. The lowest BCUT2D eigenvalue weighted by atomic mass is 10.2. The van der Waals surface area contributed by atoms with Crippen molar-refractivity contribution in [2.75, 3.05) is 37.6 Å². The van der Waals surface area contributed by atoms with Crippen LogP contribution >= 0.6 is 0 Å². The summed E-state index contributed by atoms with van der Waals surface area (Å²) in [7, 11) is 0. The summed E-state index contributed by atoms with van der Waals surface area (Å²) in [6.07, 6.45) is -2.43. The molecule has 1 N–H and O–H groups in total. The van der Waals surface area contributed by atoms with Crippen LogP contribution in [0, 0.1) is 0 Å². The van der Waals surface area contributed by atoms with Gasteiger partial charge >= 0.3 is 6.18 Å². The summed E-state index contributed by atoms with van der Waals surface area (Å²) in [5, 5.41) is 9.68. The van der Waals surface area contributed by atoms with Crippen molar-refractivity contribution in [2.24, 2.45) is 0 Å². The summed E-state index contributed by atoms with van der Waals surface area (Å²) in [4.78, 5) is 7.65. The lowest BCUT2D eigenvalue weighted by molar-refractivity contribution is -0.146. The van der Waals surface area contributed by atoms with Gasteiger partial charge in [-0.05, 0) is 18.6 Å². The highest BCUT2D eigenvalue weighted by Gasteiger charge is 2.32. The molecule has 0 bridgehead atoms. The summed E-state index contributed by atoms with van der Waals surface area (Å²) in [5.41, 5.74) is 1.51. The number of aromatic nitrogens is 1. The van der Waals surface area contributed by atoms with E-state index in [1.165, 1.54) is 4.90 Å². The molecule has 0 saturated carbocycles. The summed E-state index contributed by atoms with van der Waals surface area (Å²) >= 11 is 0. The Kier molecular flexibility index (Phi) is 5.05. The zero-order chi connectivity index (χ0) is 15.5. The van der Waals surface area contributed by atoms with Crippen LogP contribution in [-0.4, -0.2) is 53.9 Å². The van der Waals surface area contributed by atoms with Gasteiger partial charge in [0, 0.05) is 26.2 Å². The molecule has 1 aliphatic rings. The Balaban J connectivity index is 1.90. The van der Waals surface area contributed by atoms with Crippen LogP contribution in [0.15, 0.2) is 18.3 Å². The molecule has 1 aromatic heterocycles. The fourth-order valence-electron chi connectivity index (χ4n) is 2.41. The summed E-state index contributed by atoms with van der Waals surface area (Å²) in [6, 6.07) is 3.63. The van der Waals surface area contributed by atoms with Gasteiger partial charge in [0.25, 0.3) is 0 Å². The van der Waals surface area contributed by atoms with Crippen LogP contribution in [0.4, 0.5) is 18.9 Å². The van der Waals surface area contributed by atoms with Crippen LogP contribution in [0.5, 0.6) is 0 Å². The molecule has 4 nitrogen and oxygen atoms in total. The molecule has 2 rings (SSSR count). The van der Waals surface area contributed by atoms with Crippen LogP contribution in [0.25, 0.3) is 0 Å². The first-order chi connectivity index (χ1) is 9.89. The molecule has 21 heavy (non-hydrogen) atoms. The predicted octanol–water partition coefficient (Wildman–Crippen LogP) is 2.21. The Morgan fingerprint density at radius 3 is 2.38 bits per heavy atom. The molecule has 1 saturated heterocycles. The van der Waals surface area contributed by atoms with E-state index in [0.717, 1.165) is 5.69 Å². The molecule has 2 heterocycles. The standard InChI is InChI=1S/C14H20F3N3O/c1-2-13(21)12-4-3-11(9-18-12)20-7-5-19(6-8-20)10-14(15,16)17/h3-4,9,13,21H,2,5-8,10H2,1H3/t13-/m1/s1. The van der Waals surface area contributed by atoms with Gasteiger partial charge in [0.2, 0.25) is 0 Å². The molecule has 1 atom stereocenters.